The number of carbonyl (C=O) groups excluding carboxylic acids is 2. The normalized spacial score (nSPS) is 14.5. The first-order valence-corrected chi connectivity index (χ1v) is 15.4. The number of rotatable bonds is 11. The van der Waals surface area contributed by atoms with Gasteiger partial charge >= 0.3 is 0 Å². The summed E-state index contributed by atoms with van der Waals surface area (Å²) >= 11 is 0. The summed E-state index contributed by atoms with van der Waals surface area (Å²) in [4.78, 5) is 29.3. The van der Waals surface area contributed by atoms with E-state index >= 15 is 0 Å². The molecule has 1 aliphatic rings. The van der Waals surface area contributed by atoms with Gasteiger partial charge in [0, 0.05) is 12.6 Å². The zero-order valence-electron chi connectivity index (χ0n) is 23.5. The van der Waals surface area contributed by atoms with Crippen molar-refractivity contribution in [2.75, 3.05) is 10.8 Å². The third-order valence-electron chi connectivity index (χ3n) is 7.56. The highest BCUT2D eigenvalue weighted by molar-refractivity contribution is 7.92. The van der Waals surface area contributed by atoms with Gasteiger partial charge in [-0.2, -0.15) is 0 Å². The van der Waals surface area contributed by atoms with Crippen LogP contribution in [0.25, 0.3) is 0 Å². The zero-order chi connectivity index (χ0) is 28.7. The van der Waals surface area contributed by atoms with E-state index < -0.39 is 28.5 Å². The summed E-state index contributed by atoms with van der Waals surface area (Å²) in [7, 11) is -4.08. The fourth-order valence-corrected chi connectivity index (χ4v) is 6.74. The smallest absolute Gasteiger partial charge is 0.264 e. The minimum Gasteiger partial charge on any atom is -0.352 e. The van der Waals surface area contributed by atoms with E-state index in [2.05, 4.69) is 5.32 Å². The van der Waals surface area contributed by atoms with Crippen molar-refractivity contribution in [2.45, 2.75) is 76.4 Å². The first kappa shape index (κ1) is 29.3. The van der Waals surface area contributed by atoms with Crippen molar-refractivity contribution in [2.24, 2.45) is 0 Å². The lowest BCUT2D eigenvalue weighted by Gasteiger charge is -2.34. The van der Waals surface area contributed by atoms with E-state index in [1.807, 2.05) is 63.2 Å². The Balaban J connectivity index is 1.71. The monoisotopic (exact) mass is 561 g/mol. The summed E-state index contributed by atoms with van der Waals surface area (Å²) < 4.78 is 29.2. The predicted octanol–water partition coefficient (Wildman–Crippen LogP) is 5.36. The summed E-state index contributed by atoms with van der Waals surface area (Å²) in [5, 5.41) is 3.14. The van der Waals surface area contributed by atoms with Crippen LogP contribution in [0.2, 0.25) is 0 Å². The minimum atomic E-state index is -4.08. The molecule has 0 bridgehead atoms. The van der Waals surface area contributed by atoms with E-state index in [9.17, 15) is 18.0 Å². The molecule has 4 rings (SSSR count). The Morgan fingerprint density at radius 1 is 0.900 bits per heavy atom. The number of nitrogens with zero attached hydrogens (tertiary/aromatic N) is 2. The fourth-order valence-electron chi connectivity index (χ4n) is 5.26. The molecule has 0 heterocycles. The number of para-hydroxylation sites is 1. The Hall–Kier alpha value is -3.65. The number of amides is 2. The molecule has 2 amide bonds. The van der Waals surface area contributed by atoms with E-state index in [-0.39, 0.29) is 23.4 Å². The third kappa shape index (κ3) is 6.91. The lowest BCUT2D eigenvalue weighted by molar-refractivity contribution is -0.140. The van der Waals surface area contributed by atoms with Crippen molar-refractivity contribution in [3.63, 3.8) is 0 Å². The van der Waals surface area contributed by atoms with Crippen molar-refractivity contribution >= 4 is 27.5 Å². The lowest BCUT2D eigenvalue weighted by atomic mass is 10.1. The molecule has 1 N–H and O–H groups in total. The van der Waals surface area contributed by atoms with Crippen molar-refractivity contribution in [3.05, 3.63) is 95.6 Å². The Morgan fingerprint density at radius 3 is 2.15 bits per heavy atom. The zero-order valence-corrected chi connectivity index (χ0v) is 24.4. The van der Waals surface area contributed by atoms with Crippen molar-refractivity contribution in [1.29, 1.82) is 0 Å². The molecule has 40 heavy (non-hydrogen) atoms. The SMILES string of the molecule is CC[C@@H](C(=O)NC1CCCC1)N(Cc1ccccc1)C(=O)CN(c1ccccc1C)S(=O)(=O)c1ccc(C)cc1. The second-order valence-electron chi connectivity index (χ2n) is 10.5. The number of hydrogen-bond donors (Lipinski definition) is 1. The van der Waals surface area contributed by atoms with E-state index in [0.29, 0.717) is 12.1 Å². The van der Waals surface area contributed by atoms with Crippen LogP contribution in [-0.2, 0) is 26.2 Å². The molecular formula is C32H39N3O4S. The molecule has 0 aliphatic heterocycles. The summed E-state index contributed by atoms with van der Waals surface area (Å²) in [5.74, 6) is -0.626. The molecule has 0 saturated heterocycles. The van der Waals surface area contributed by atoms with Gasteiger partial charge in [-0.3, -0.25) is 13.9 Å². The van der Waals surface area contributed by atoms with Crippen LogP contribution in [0.5, 0.6) is 0 Å². The molecule has 212 valence electrons. The van der Waals surface area contributed by atoms with Crippen LogP contribution in [-0.4, -0.2) is 43.8 Å². The van der Waals surface area contributed by atoms with Gasteiger partial charge in [0.25, 0.3) is 10.0 Å². The van der Waals surface area contributed by atoms with E-state index in [0.717, 1.165) is 42.4 Å². The maximum Gasteiger partial charge on any atom is 0.264 e. The largest absolute Gasteiger partial charge is 0.352 e. The van der Waals surface area contributed by atoms with Gasteiger partial charge in [0.05, 0.1) is 10.6 Å². The Bertz CT molecular complexity index is 1400. The second kappa shape index (κ2) is 13.1. The Labute approximate surface area is 238 Å². The average Bonchev–Trinajstić information content (AvgIpc) is 3.46. The van der Waals surface area contributed by atoms with Crippen molar-refractivity contribution in [3.8, 4) is 0 Å². The van der Waals surface area contributed by atoms with E-state index in [1.54, 1.807) is 36.4 Å². The molecule has 1 fully saturated rings. The van der Waals surface area contributed by atoms with Crippen molar-refractivity contribution < 1.29 is 18.0 Å². The van der Waals surface area contributed by atoms with Crippen molar-refractivity contribution in [1.82, 2.24) is 10.2 Å². The highest BCUT2D eigenvalue weighted by atomic mass is 32.2. The number of aryl methyl sites for hydroxylation is 2. The number of nitrogens with one attached hydrogen (secondary N) is 1. The quantitative estimate of drug-likeness (QED) is 0.341. The van der Waals surface area contributed by atoms with Gasteiger partial charge < -0.3 is 10.2 Å². The summed E-state index contributed by atoms with van der Waals surface area (Å²) in [6.45, 7) is 5.36. The molecule has 1 saturated carbocycles. The number of carbonyl (C=O) groups is 2. The molecule has 0 unspecified atom stereocenters. The maximum atomic E-state index is 14.2. The van der Waals surface area contributed by atoms with Crippen LogP contribution in [0.3, 0.4) is 0 Å². The van der Waals surface area contributed by atoms with Gasteiger partial charge in [-0.15, -0.1) is 0 Å². The van der Waals surface area contributed by atoms with Crippen LogP contribution in [0.1, 0.15) is 55.7 Å². The van der Waals surface area contributed by atoms with Gasteiger partial charge in [0.15, 0.2) is 0 Å². The molecule has 3 aromatic rings. The highest BCUT2D eigenvalue weighted by Gasteiger charge is 2.34. The number of benzene rings is 3. The summed E-state index contributed by atoms with van der Waals surface area (Å²) in [6, 6.07) is 22.6. The van der Waals surface area contributed by atoms with Gasteiger partial charge in [-0.05, 0) is 62.4 Å². The molecular weight excluding hydrogens is 522 g/mol. The summed E-state index contributed by atoms with van der Waals surface area (Å²) in [6.07, 6.45) is 4.44. The van der Waals surface area contributed by atoms with Crippen LogP contribution < -0.4 is 9.62 Å². The van der Waals surface area contributed by atoms with Gasteiger partial charge in [0.1, 0.15) is 12.6 Å². The molecule has 0 aromatic heterocycles. The molecule has 1 aliphatic carbocycles. The number of sulfonamides is 1. The first-order chi connectivity index (χ1) is 19.2. The van der Waals surface area contributed by atoms with Gasteiger partial charge in [-0.1, -0.05) is 86.0 Å². The standard InChI is InChI=1S/C32H39N3O4S/c1-4-29(32(37)33-27-15-9-10-16-27)34(22-26-13-6-5-7-14-26)31(36)23-35(30-17-11-8-12-25(30)3)40(38,39)28-20-18-24(2)19-21-28/h5-8,11-14,17-21,27,29H,4,9-10,15-16,22-23H2,1-3H3,(H,33,37)/t29-/m0/s1. The van der Waals surface area contributed by atoms with Crippen LogP contribution in [0, 0.1) is 13.8 Å². The molecule has 0 spiro atoms. The average molecular weight is 562 g/mol. The molecule has 1 atom stereocenters. The minimum absolute atomic E-state index is 0.106. The molecule has 0 radical (unpaired) electrons. The maximum absolute atomic E-state index is 14.2. The highest BCUT2D eigenvalue weighted by Crippen LogP contribution is 2.28. The molecule has 7 nitrogen and oxygen atoms in total. The Kier molecular flexibility index (Phi) is 9.63. The molecule has 8 heteroatoms. The number of hydrogen-bond acceptors (Lipinski definition) is 4. The fraction of sp³-hybridized carbons (Fsp3) is 0.375. The van der Waals surface area contributed by atoms with Crippen LogP contribution in [0.4, 0.5) is 5.69 Å². The van der Waals surface area contributed by atoms with Crippen LogP contribution >= 0.6 is 0 Å². The van der Waals surface area contributed by atoms with E-state index in [4.69, 9.17) is 0 Å². The first-order valence-electron chi connectivity index (χ1n) is 14.0. The lowest BCUT2D eigenvalue weighted by Crippen LogP contribution is -2.53. The van der Waals surface area contributed by atoms with E-state index in [1.165, 1.54) is 9.21 Å². The summed E-state index contributed by atoms with van der Waals surface area (Å²) in [5.41, 5.74) is 2.96. The number of anilines is 1. The van der Waals surface area contributed by atoms with Gasteiger partial charge in [0.2, 0.25) is 11.8 Å². The third-order valence-corrected chi connectivity index (χ3v) is 9.33. The predicted molar refractivity (Wildman–Crippen MR) is 158 cm³/mol. The Morgan fingerprint density at radius 2 is 1.52 bits per heavy atom. The molecule has 3 aromatic carbocycles. The topological polar surface area (TPSA) is 86.8 Å². The van der Waals surface area contributed by atoms with Crippen LogP contribution in [0.15, 0.2) is 83.8 Å². The van der Waals surface area contributed by atoms with Gasteiger partial charge in [-0.25, -0.2) is 8.42 Å². The second-order valence-corrected chi connectivity index (χ2v) is 12.4.